The number of nitrogens with zero attached hydrogens (tertiary/aromatic N) is 2. The molecule has 19 heavy (non-hydrogen) atoms. The van der Waals surface area contributed by atoms with Crippen molar-refractivity contribution in [2.75, 3.05) is 18.3 Å². The van der Waals surface area contributed by atoms with Gasteiger partial charge in [-0.1, -0.05) is 13.3 Å². The molecule has 2 N–H and O–H groups in total. The summed E-state index contributed by atoms with van der Waals surface area (Å²) in [5.74, 6) is -1.21. The lowest BCUT2D eigenvalue weighted by molar-refractivity contribution is 0.0690. The molecule has 0 aromatic carbocycles. The topological polar surface area (TPSA) is 99.6 Å². The van der Waals surface area contributed by atoms with Crippen LogP contribution in [0.1, 0.15) is 30.3 Å². The molecule has 0 atom stereocenters. The summed E-state index contributed by atoms with van der Waals surface area (Å²) in [5.41, 5.74) is -0.0350. The van der Waals surface area contributed by atoms with Crippen LogP contribution >= 0.6 is 0 Å². The number of hydrogen-bond donors (Lipinski definition) is 2. The van der Waals surface area contributed by atoms with E-state index in [9.17, 15) is 13.2 Å². The predicted molar refractivity (Wildman–Crippen MR) is 71.3 cm³/mol. The normalized spacial score (nSPS) is 11.5. The van der Waals surface area contributed by atoms with Crippen LogP contribution in [-0.4, -0.2) is 42.4 Å². The molecule has 1 rings (SSSR count). The average Bonchev–Trinajstić information content (AvgIpc) is 2.35. The van der Waals surface area contributed by atoms with Crippen molar-refractivity contribution in [2.24, 2.45) is 0 Å². The summed E-state index contributed by atoms with van der Waals surface area (Å²) in [6.45, 7) is 2.37. The highest BCUT2D eigenvalue weighted by molar-refractivity contribution is 7.90. The van der Waals surface area contributed by atoms with E-state index in [4.69, 9.17) is 5.11 Å². The molecule has 0 spiro atoms. The first kappa shape index (κ1) is 15.4. The van der Waals surface area contributed by atoms with E-state index in [1.807, 2.05) is 6.92 Å². The lowest BCUT2D eigenvalue weighted by Crippen LogP contribution is -2.33. The van der Waals surface area contributed by atoms with Crippen molar-refractivity contribution in [1.82, 2.24) is 9.29 Å². The first-order valence-electron chi connectivity index (χ1n) is 5.80. The highest BCUT2D eigenvalue weighted by Crippen LogP contribution is 2.12. The lowest BCUT2D eigenvalue weighted by atomic mass is 10.3. The average molecular weight is 287 g/mol. The van der Waals surface area contributed by atoms with Crippen molar-refractivity contribution < 1.29 is 18.3 Å². The molecule has 1 heterocycles. The summed E-state index contributed by atoms with van der Waals surface area (Å²) in [6.07, 6.45) is 2.89. The van der Waals surface area contributed by atoms with E-state index in [1.54, 1.807) is 0 Å². The number of aromatic carboxylic acids is 1. The van der Waals surface area contributed by atoms with Crippen LogP contribution in [0.4, 0.5) is 5.69 Å². The molecule has 0 fully saturated rings. The van der Waals surface area contributed by atoms with Crippen LogP contribution in [0, 0.1) is 0 Å². The number of aromatic nitrogens is 1. The van der Waals surface area contributed by atoms with Gasteiger partial charge >= 0.3 is 16.2 Å². The van der Waals surface area contributed by atoms with Gasteiger partial charge in [0, 0.05) is 19.8 Å². The number of hydrogen-bond acceptors (Lipinski definition) is 4. The Morgan fingerprint density at radius 2 is 2.21 bits per heavy atom. The number of anilines is 1. The molecule has 0 aliphatic heterocycles. The van der Waals surface area contributed by atoms with E-state index < -0.39 is 16.2 Å². The molecule has 0 aliphatic rings. The second-order valence-electron chi connectivity index (χ2n) is 4.02. The van der Waals surface area contributed by atoms with Crippen LogP contribution in [-0.2, 0) is 10.2 Å². The van der Waals surface area contributed by atoms with Crippen LogP contribution in [0.3, 0.4) is 0 Å². The third-order valence-electron chi connectivity index (χ3n) is 2.46. The third kappa shape index (κ3) is 4.49. The van der Waals surface area contributed by atoms with Crippen LogP contribution in [0.2, 0.25) is 0 Å². The number of rotatable bonds is 7. The molecular formula is C11H17N3O4S. The molecule has 8 heteroatoms. The smallest absolute Gasteiger partial charge is 0.354 e. The minimum Gasteiger partial charge on any atom is -0.477 e. The van der Waals surface area contributed by atoms with Crippen molar-refractivity contribution in [3.63, 3.8) is 0 Å². The minimum absolute atomic E-state index is 0.177. The van der Waals surface area contributed by atoms with Gasteiger partial charge in [-0.05, 0) is 18.6 Å². The number of pyridine rings is 1. The van der Waals surface area contributed by atoms with Gasteiger partial charge in [-0.2, -0.15) is 12.7 Å². The summed E-state index contributed by atoms with van der Waals surface area (Å²) >= 11 is 0. The molecule has 1 aromatic heterocycles. The van der Waals surface area contributed by atoms with Crippen LogP contribution < -0.4 is 4.72 Å². The Morgan fingerprint density at radius 1 is 1.53 bits per heavy atom. The second kappa shape index (κ2) is 6.48. The maximum absolute atomic E-state index is 11.9. The molecule has 0 aliphatic carbocycles. The molecule has 0 unspecified atom stereocenters. The van der Waals surface area contributed by atoms with Gasteiger partial charge in [0.25, 0.3) is 0 Å². The fourth-order valence-corrected chi connectivity index (χ4v) is 2.29. The van der Waals surface area contributed by atoms with Crippen molar-refractivity contribution in [3.8, 4) is 0 Å². The molecule has 0 saturated heterocycles. The fraction of sp³-hybridized carbons (Fsp3) is 0.455. The Hall–Kier alpha value is -1.67. The molecule has 106 valence electrons. The van der Waals surface area contributed by atoms with Gasteiger partial charge in [-0.3, -0.25) is 4.72 Å². The standard InChI is InChI=1S/C11H17N3O4S/c1-3-4-7-14(2)19(17,18)13-9-5-6-12-10(8-9)11(15)16/h5-6,8H,3-4,7H2,1-2H3,(H,12,13)(H,15,16). The van der Waals surface area contributed by atoms with E-state index >= 15 is 0 Å². The highest BCUT2D eigenvalue weighted by Gasteiger charge is 2.17. The highest BCUT2D eigenvalue weighted by atomic mass is 32.2. The molecule has 0 saturated carbocycles. The first-order valence-corrected chi connectivity index (χ1v) is 7.24. The van der Waals surface area contributed by atoms with E-state index in [-0.39, 0.29) is 11.4 Å². The maximum atomic E-state index is 11.9. The van der Waals surface area contributed by atoms with Crippen LogP contribution in [0.15, 0.2) is 18.3 Å². The van der Waals surface area contributed by atoms with Crippen molar-refractivity contribution in [3.05, 3.63) is 24.0 Å². The summed E-state index contributed by atoms with van der Waals surface area (Å²) in [5, 5.41) is 8.78. The minimum atomic E-state index is -3.67. The zero-order valence-electron chi connectivity index (χ0n) is 10.8. The third-order valence-corrected chi connectivity index (χ3v) is 3.96. The Labute approximate surface area is 112 Å². The van der Waals surface area contributed by atoms with E-state index in [0.29, 0.717) is 6.54 Å². The number of carbonyl (C=O) groups is 1. The second-order valence-corrected chi connectivity index (χ2v) is 5.79. The summed E-state index contributed by atoms with van der Waals surface area (Å²) in [7, 11) is -2.20. The molecule has 1 aromatic rings. The quantitative estimate of drug-likeness (QED) is 0.784. The van der Waals surface area contributed by atoms with Crippen LogP contribution in [0.5, 0.6) is 0 Å². The van der Waals surface area contributed by atoms with Gasteiger partial charge in [-0.15, -0.1) is 0 Å². The Morgan fingerprint density at radius 3 is 2.79 bits per heavy atom. The lowest BCUT2D eigenvalue weighted by Gasteiger charge is -2.17. The number of carboxylic acid groups (broad SMARTS) is 1. The first-order chi connectivity index (χ1) is 8.86. The van der Waals surface area contributed by atoms with E-state index in [1.165, 1.54) is 29.7 Å². The van der Waals surface area contributed by atoms with Crippen molar-refractivity contribution in [1.29, 1.82) is 0 Å². The van der Waals surface area contributed by atoms with Gasteiger partial charge in [-0.25, -0.2) is 9.78 Å². The molecule has 0 amide bonds. The number of carboxylic acids is 1. The summed E-state index contributed by atoms with van der Waals surface area (Å²) < 4.78 is 27.4. The Bertz CT molecular complexity index is 545. The zero-order chi connectivity index (χ0) is 14.5. The zero-order valence-corrected chi connectivity index (χ0v) is 11.6. The Kier molecular flexibility index (Phi) is 5.25. The van der Waals surface area contributed by atoms with Gasteiger partial charge < -0.3 is 5.11 Å². The van der Waals surface area contributed by atoms with E-state index in [2.05, 4.69) is 9.71 Å². The maximum Gasteiger partial charge on any atom is 0.354 e. The van der Waals surface area contributed by atoms with Gasteiger partial charge in [0.1, 0.15) is 5.69 Å². The molecule has 0 bridgehead atoms. The van der Waals surface area contributed by atoms with Crippen molar-refractivity contribution in [2.45, 2.75) is 19.8 Å². The molecular weight excluding hydrogens is 270 g/mol. The van der Waals surface area contributed by atoms with Crippen molar-refractivity contribution >= 4 is 21.9 Å². The van der Waals surface area contributed by atoms with Gasteiger partial charge in [0.15, 0.2) is 0 Å². The number of nitrogens with one attached hydrogen (secondary N) is 1. The number of unbranched alkanes of at least 4 members (excludes halogenated alkanes) is 1. The predicted octanol–water partition coefficient (Wildman–Crippen LogP) is 1.17. The SMILES string of the molecule is CCCCN(C)S(=O)(=O)Nc1ccnc(C(=O)O)c1. The largest absolute Gasteiger partial charge is 0.477 e. The van der Waals surface area contributed by atoms with Gasteiger partial charge in [0.05, 0.1) is 5.69 Å². The Balaban J connectivity index is 2.83. The summed E-state index contributed by atoms with van der Waals surface area (Å²) in [4.78, 5) is 14.4. The molecule has 0 radical (unpaired) electrons. The fourth-order valence-electron chi connectivity index (χ4n) is 1.34. The monoisotopic (exact) mass is 287 g/mol. The summed E-state index contributed by atoms with van der Waals surface area (Å²) in [6, 6.07) is 2.57. The molecule has 7 nitrogen and oxygen atoms in total. The van der Waals surface area contributed by atoms with Gasteiger partial charge in [0.2, 0.25) is 0 Å². The van der Waals surface area contributed by atoms with E-state index in [0.717, 1.165) is 12.8 Å². The van der Waals surface area contributed by atoms with Crippen LogP contribution in [0.25, 0.3) is 0 Å².